The van der Waals surface area contributed by atoms with Crippen molar-refractivity contribution in [3.8, 4) is 11.3 Å². The minimum Gasteiger partial charge on any atom is -0.378 e. The quantitative estimate of drug-likeness (QED) is 0.457. The number of carbonyl (C=O) groups is 1. The molecule has 3 heterocycles. The maximum atomic E-state index is 13.2. The summed E-state index contributed by atoms with van der Waals surface area (Å²) in [4.78, 5) is 38.3. The van der Waals surface area contributed by atoms with Crippen molar-refractivity contribution in [3.63, 3.8) is 0 Å². The smallest absolute Gasteiger partial charge is 0.349 e. The number of ether oxygens (including phenoxy) is 1. The molecule has 1 saturated heterocycles. The highest BCUT2D eigenvalue weighted by atomic mass is 32.1. The molecule has 2 aromatic carbocycles. The van der Waals surface area contributed by atoms with Gasteiger partial charge in [-0.3, -0.25) is 9.36 Å². The van der Waals surface area contributed by atoms with Crippen molar-refractivity contribution in [2.45, 2.75) is 27.3 Å². The van der Waals surface area contributed by atoms with Gasteiger partial charge in [-0.1, -0.05) is 59.4 Å². The molecule has 0 saturated carbocycles. The molecule has 1 aliphatic heterocycles. The van der Waals surface area contributed by atoms with Gasteiger partial charge in [-0.05, 0) is 31.9 Å². The van der Waals surface area contributed by atoms with E-state index in [1.54, 1.807) is 0 Å². The first-order valence-corrected chi connectivity index (χ1v) is 12.4. The van der Waals surface area contributed by atoms with E-state index in [1.807, 2.05) is 63.2 Å². The molecular formula is C26H27N5O3S. The zero-order chi connectivity index (χ0) is 24.5. The summed E-state index contributed by atoms with van der Waals surface area (Å²) in [5.41, 5.74) is 5.38. The molecule has 0 bridgehead atoms. The zero-order valence-electron chi connectivity index (χ0n) is 20.0. The van der Waals surface area contributed by atoms with Crippen LogP contribution in [0.4, 0.5) is 10.8 Å². The Labute approximate surface area is 207 Å². The van der Waals surface area contributed by atoms with Crippen molar-refractivity contribution < 1.29 is 9.53 Å². The van der Waals surface area contributed by atoms with Crippen LogP contribution < -0.4 is 15.9 Å². The number of anilines is 2. The second-order valence-electron chi connectivity index (χ2n) is 8.77. The topological polar surface area (TPSA) is 89.3 Å². The number of amides is 1. The van der Waals surface area contributed by atoms with Crippen LogP contribution in [0.25, 0.3) is 21.6 Å². The van der Waals surface area contributed by atoms with Gasteiger partial charge in [0.2, 0.25) is 5.91 Å². The van der Waals surface area contributed by atoms with E-state index in [0.29, 0.717) is 29.3 Å². The first-order valence-electron chi connectivity index (χ1n) is 11.6. The molecule has 8 nitrogen and oxygen atoms in total. The van der Waals surface area contributed by atoms with Crippen molar-refractivity contribution in [2.24, 2.45) is 0 Å². The van der Waals surface area contributed by atoms with Crippen LogP contribution in [-0.2, 0) is 16.1 Å². The Kier molecular flexibility index (Phi) is 6.36. The molecule has 0 radical (unpaired) electrons. The van der Waals surface area contributed by atoms with Crippen LogP contribution in [-0.4, -0.2) is 46.7 Å². The summed E-state index contributed by atoms with van der Waals surface area (Å²) in [5.74, 6) is -0.279. The summed E-state index contributed by atoms with van der Waals surface area (Å²) >= 11 is 1.41. The van der Waals surface area contributed by atoms with E-state index in [2.05, 4.69) is 15.2 Å². The lowest BCUT2D eigenvalue weighted by atomic mass is 10.1. The average Bonchev–Trinajstić information content (AvgIpc) is 3.29. The third-order valence-electron chi connectivity index (χ3n) is 6.08. The number of rotatable bonds is 5. The van der Waals surface area contributed by atoms with Crippen molar-refractivity contribution in [1.82, 2.24) is 14.5 Å². The molecule has 0 aliphatic carbocycles. The lowest BCUT2D eigenvalue weighted by molar-refractivity contribution is -0.116. The SMILES string of the molecule is Cc1cc(C)c(NC(=O)Cn2c(=O)nc(-c3ccccc3)c3nc(N4CCOCC4)sc32)c(C)c1. The highest BCUT2D eigenvalue weighted by Gasteiger charge is 2.22. The van der Waals surface area contributed by atoms with E-state index in [1.165, 1.54) is 15.9 Å². The Bertz CT molecular complexity index is 1430. The highest BCUT2D eigenvalue weighted by Crippen LogP contribution is 2.33. The molecule has 5 rings (SSSR count). The van der Waals surface area contributed by atoms with Crippen LogP contribution >= 0.6 is 11.3 Å². The number of aryl methyl sites for hydroxylation is 3. The predicted molar refractivity (Wildman–Crippen MR) is 139 cm³/mol. The maximum Gasteiger partial charge on any atom is 0.349 e. The second-order valence-corrected chi connectivity index (χ2v) is 9.72. The summed E-state index contributed by atoms with van der Waals surface area (Å²) in [5, 5.41) is 3.79. The van der Waals surface area contributed by atoms with Crippen LogP contribution in [0.3, 0.4) is 0 Å². The maximum absolute atomic E-state index is 13.2. The van der Waals surface area contributed by atoms with Gasteiger partial charge in [0.1, 0.15) is 22.6 Å². The monoisotopic (exact) mass is 489 g/mol. The van der Waals surface area contributed by atoms with Crippen molar-refractivity contribution in [3.05, 3.63) is 69.6 Å². The number of fused-ring (bicyclic) bond motifs is 1. The summed E-state index contributed by atoms with van der Waals surface area (Å²) < 4.78 is 6.91. The highest BCUT2D eigenvalue weighted by molar-refractivity contribution is 7.22. The number of hydrogen-bond acceptors (Lipinski definition) is 7. The lowest BCUT2D eigenvalue weighted by Gasteiger charge is -2.25. The van der Waals surface area contributed by atoms with Crippen LogP contribution in [0.1, 0.15) is 16.7 Å². The number of nitrogens with one attached hydrogen (secondary N) is 1. The van der Waals surface area contributed by atoms with E-state index < -0.39 is 5.69 Å². The number of carbonyl (C=O) groups excluding carboxylic acids is 1. The molecule has 1 aliphatic rings. The molecule has 0 spiro atoms. The van der Waals surface area contributed by atoms with E-state index in [9.17, 15) is 9.59 Å². The van der Waals surface area contributed by atoms with Crippen LogP contribution in [0.2, 0.25) is 0 Å². The van der Waals surface area contributed by atoms with Gasteiger partial charge in [-0.15, -0.1) is 0 Å². The first kappa shape index (κ1) is 23.2. The Hall–Kier alpha value is -3.56. The summed E-state index contributed by atoms with van der Waals surface area (Å²) in [6.07, 6.45) is 0. The van der Waals surface area contributed by atoms with Crippen LogP contribution in [0.15, 0.2) is 47.3 Å². The van der Waals surface area contributed by atoms with Gasteiger partial charge in [-0.2, -0.15) is 4.98 Å². The minimum atomic E-state index is -0.471. The van der Waals surface area contributed by atoms with Gasteiger partial charge in [0.05, 0.1) is 13.2 Å². The van der Waals surface area contributed by atoms with Crippen molar-refractivity contribution >= 4 is 38.4 Å². The molecular weight excluding hydrogens is 462 g/mol. The molecule has 2 aromatic heterocycles. The van der Waals surface area contributed by atoms with Gasteiger partial charge in [0.15, 0.2) is 5.13 Å². The van der Waals surface area contributed by atoms with Crippen molar-refractivity contribution in [2.75, 3.05) is 36.5 Å². The molecule has 1 fully saturated rings. The Balaban J connectivity index is 1.56. The number of nitrogens with zero attached hydrogens (tertiary/aromatic N) is 4. The summed E-state index contributed by atoms with van der Waals surface area (Å²) in [6, 6.07) is 13.6. The van der Waals surface area contributed by atoms with Gasteiger partial charge < -0.3 is 15.0 Å². The fourth-order valence-electron chi connectivity index (χ4n) is 4.46. The normalized spacial score (nSPS) is 13.9. The van der Waals surface area contributed by atoms with Crippen LogP contribution in [0, 0.1) is 20.8 Å². The number of hydrogen-bond donors (Lipinski definition) is 1. The number of benzene rings is 2. The van der Waals surface area contributed by atoms with Gasteiger partial charge in [0.25, 0.3) is 0 Å². The Morgan fingerprint density at radius 2 is 1.74 bits per heavy atom. The summed E-state index contributed by atoms with van der Waals surface area (Å²) in [7, 11) is 0. The predicted octanol–water partition coefficient (Wildman–Crippen LogP) is 3.92. The molecule has 180 valence electrons. The van der Waals surface area contributed by atoms with Gasteiger partial charge >= 0.3 is 5.69 Å². The van der Waals surface area contributed by atoms with E-state index in [-0.39, 0.29) is 12.5 Å². The van der Waals surface area contributed by atoms with E-state index >= 15 is 0 Å². The molecule has 0 unspecified atom stereocenters. The van der Waals surface area contributed by atoms with Gasteiger partial charge in [0, 0.05) is 24.3 Å². The van der Waals surface area contributed by atoms with Crippen LogP contribution in [0.5, 0.6) is 0 Å². The molecule has 4 aromatic rings. The summed E-state index contributed by atoms with van der Waals surface area (Å²) in [6.45, 7) is 8.53. The first-order chi connectivity index (χ1) is 16.9. The third kappa shape index (κ3) is 4.69. The molecule has 1 amide bonds. The second kappa shape index (κ2) is 9.59. The molecule has 9 heteroatoms. The largest absolute Gasteiger partial charge is 0.378 e. The third-order valence-corrected chi connectivity index (χ3v) is 7.22. The Morgan fingerprint density at radius 1 is 1.06 bits per heavy atom. The van der Waals surface area contributed by atoms with E-state index in [0.717, 1.165) is 46.2 Å². The minimum absolute atomic E-state index is 0.144. The average molecular weight is 490 g/mol. The fraction of sp³-hybridized carbons (Fsp3) is 0.308. The van der Waals surface area contributed by atoms with Gasteiger partial charge in [-0.25, -0.2) is 9.78 Å². The van der Waals surface area contributed by atoms with Crippen molar-refractivity contribution in [1.29, 1.82) is 0 Å². The number of aromatic nitrogens is 3. The molecule has 1 N–H and O–H groups in total. The fourth-order valence-corrected chi connectivity index (χ4v) is 5.57. The Morgan fingerprint density at radius 3 is 2.43 bits per heavy atom. The zero-order valence-corrected chi connectivity index (χ0v) is 20.8. The number of thiazole rings is 1. The number of morpholine rings is 1. The standard InChI is InChI=1S/C26H27N5O3S/c1-16-13-17(2)21(18(3)14-16)27-20(32)15-31-24-23(29-26(35-24)30-9-11-34-12-10-30)22(28-25(31)33)19-7-5-4-6-8-19/h4-8,13-14H,9-12,15H2,1-3H3,(H,27,32). The van der Waals surface area contributed by atoms with E-state index in [4.69, 9.17) is 9.72 Å². The molecule has 0 atom stereocenters. The molecule has 35 heavy (non-hydrogen) atoms. The lowest BCUT2D eigenvalue weighted by Crippen LogP contribution is -2.36.